The fraction of sp³-hybridized carbons (Fsp3) is 0.167. The van der Waals surface area contributed by atoms with Crippen molar-refractivity contribution in [1.82, 2.24) is 14.8 Å². The highest BCUT2D eigenvalue weighted by molar-refractivity contribution is 7.99. The quantitative estimate of drug-likeness (QED) is 0.317. The van der Waals surface area contributed by atoms with Gasteiger partial charge in [-0.25, -0.2) is 0 Å². The number of ketones is 1. The molecule has 0 fully saturated rings. The summed E-state index contributed by atoms with van der Waals surface area (Å²) in [7, 11) is 1.85. The van der Waals surface area contributed by atoms with Crippen LogP contribution in [0.3, 0.4) is 0 Å². The maximum Gasteiger partial charge on any atom is 0.234 e. The molecule has 0 saturated heterocycles. The molecule has 1 amide bonds. The van der Waals surface area contributed by atoms with E-state index in [0.717, 1.165) is 16.5 Å². The molecule has 162 valence electrons. The van der Waals surface area contributed by atoms with E-state index in [9.17, 15) is 9.59 Å². The topological polar surface area (TPSA) is 86.1 Å². The molecule has 0 atom stereocenters. The second-order valence-corrected chi connectivity index (χ2v) is 8.14. The molecular formula is C24H22N4O3S. The molecule has 1 heterocycles. The van der Waals surface area contributed by atoms with Gasteiger partial charge in [-0.3, -0.25) is 9.59 Å². The molecule has 1 aromatic heterocycles. The third-order valence-corrected chi connectivity index (χ3v) is 5.94. The van der Waals surface area contributed by atoms with Crippen LogP contribution >= 0.6 is 11.8 Å². The molecule has 0 aliphatic carbocycles. The van der Waals surface area contributed by atoms with Crippen molar-refractivity contribution in [2.75, 3.05) is 11.1 Å². The first-order valence-electron chi connectivity index (χ1n) is 10.0. The third kappa shape index (κ3) is 4.97. The number of aromatic nitrogens is 3. The zero-order chi connectivity index (χ0) is 22.5. The molecule has 32 heavy (non-hydrogen) atoms. The van der Waals surface area contributed by atoms with Crippen molar-refractivity contribution in [2.45, 2.75) is 18.7 Å². The SMILES string of the molecule is CC(=O)c1cccc(NC(=O)CSc2nnc(COc3cccc4ccccc34)n2C)c1. The third-order valence-electron chi connectivity index (χ3n) is 4.92. The first-order valence-corrected chi connectivity index (χ1v) is 11.0. The summed E-state index contributed by atoms with van der Waals surface area (Å²) >= 11 is 1.28. The minimum absolute atomic E-state index is 0.0483. The van der Waals surface area contributed by atoms with Gasteiger partial charge in [0.25, 0.3) is 0 Å². The molecule has 8 heteroatoms. The van der Waals surface area contributed by atoms with Gasteiger partial charge in [0.05, 0.1) is 5.75 Å². The number of thioether (sulfide) groups is 1. The predicted octanol–water partition coefficient (Wildman–Crippen LogP) is 4.48. The minimum atomic E-state index is -0.188. The van der Waals surface area contributed by atoms with E-state index in [0.29, 0.717) is 22.2 Å². The van der Waals surface area contributed by atoms with Crippen LogP contribution in [0, 0.1) is 0 Å². The van der Waals surface area contributed by atoms with Crippen LogP contribution in [0.25, 0.3) is 10.8 Å². The van der Waals surface area contributed by atoms with Crippen LogP contribution < -0.4 is 10.1 Å². The van der Waals surface area contributed by atoms with E-state index in [-0.39, 0.29) is 24.1 Å². The Labute approximate surface area is 189 Å². The maximum atomic E-state index is 12.3. The van der Waals surface area contributed by atoms with Gasteiger partial charge in [0.2, 0.25) is 5.91 Å². The lowest BCUT2D eigenvalue weighted by Gasteiger charge is -2.09. The van der Waals surface area contributed by atoms with Crippen LogP contribution in [0.2, 0.25) is 0 Å². The Balaban J connectivity index is 1.35. The molecule has 4 aromatic rings. The van der Waals surface area contributed by atoms with Crippen molar-refractivity contribution in [3.63, 3.8) is 0 Å². The number of anilines is 1. The Morgan fingerprint density at radius 1 is 1.03 bits per heavy atom. The van der Waals surface area contributed by atoms with Crippen LogP contribution in [-0.2, 0) is 18.4 Å². The highest BCUT2D eigenvalue weighted by Gasteiger charge is 2.13. The van der Waals surface area contributed by atoms with Crippen LogP contribution in [-0.4, -0.2) is 32.2 Å². The summed E-state index contributed by atoms with van der Waals surface area (Å²) in [6.07, 6.45) is 0. The van der Waals surface area contributed by atoms with Gasteiger partial charge in [0.15, 0.2) is 16.8 Å². The van der Waals surface area contributed by atoms with Crippen LogP contribution in [0.5, 0.6) is 5.75 Å². The Hall–Kier alpha value is -3.65. The second-order valence-electron chi connectivity index (χ2n) is 7.20. The normalized spacial score (nSPS) is 10.8. The lowest BCUT2D eigenvalue weighted by atomic mass is 10.1. The van der Waals surface area contributed by atoms with E-state index in [4.69, 9.17) is 4.74 Å². The van der Waals surface area contributed by atoms with E-state index in [1.165, 1.54) is 18.7 Å². The van der Waals surface area contributed by atoms with Gasteiger partial charge in [-0.15, -0.1) is 10.2 Å². The van der Waals surface area contributed by atoms with Crippen LogP contribution in [0.4, 0.5) is 5.69 Å². The largest absolute Gasteiger partial charge is 0.485 e. The number of benzene rings is 3. The van der Waals surface area contributed by atoms with Gasteiger partial charge in [0.1, 0.15) is 12.4 Å². The van der Waals surface area contributed by atoms with Crippen molar-refractivity contribution >= 4 is 39.9 Å². The molecule has 1 N–H and O–H groups in total. The average molecular weight is 447 g/mol. The molecular weight excluding hydrogens is 424 g/mol. The van der Waals surface area contributed by atoms with E-state index >= 15 is 0 Å². The van der Waals surface area contributed by atoms with Crippen molar-refractivity contribution in [1.29, 1.82) is 0 Å². The highest BCUT2D eigenvalue weighted by atomic mass is 32.2. The van der Waals surface area contributed by atoms with E-state index in [2.05, 4.69) is 15.5 Å². The van der Waals surface area contributed by atoms with Crippen molar-refractivity contribution in [3.05, 3.63) is 78.1 Å². The summed E-state index contributed by atoms with van der Waals surface area (Å²) in [6, 6.07) is 20.8. The lowest BCUT2D eigenvalue weighted by Crippen LogP contribution is -2.15. The van der Waals surface area contributed by atoms with Gasteiger partial charge in [0, 0.05) is 23.7 Å². The minimum Gasteiger partial charge on any atom is -0.485 e. The number of nitrogens with one attached hydrogen (secondary N) is 1. The number of hydrogen-bond donors (Lipinski definition) is 1. The van der Waals surface area contributed by atoms with E-state index in [1.54, 1.807) is 24.3 Å². The van der Waals surface area contributed by atoms with E-state index < -0.39 is 0 Å². The average Bonchev–Trinajstić information content (AvgIpc) is 3.15. The van der Waals surface area contributed by atoms with Crippen LogP contribution in [0.1, 0.15) is 23.1 Å². The summed E-state index contributed by atoms with van der Waals surface area (Å²) < 4.78 is 7.81. The standard InChI is InChI=1S/C24H22N4O3S/c1-16(29)18-9-5-10-19(13-18)25-23(30)15-32-24-27-26-22(28(24)2)14-31-21-12-6-8-17-7-3-4-11-20(17)21/h3-13H,14-15H2,1-2H3,(H,25,30). The smallest absolute Gasteiger partial charge is 0.234 e. The molecule has 0 unspecified atom stereocenters. The maximum absolute atomic E-state index is 12.3. The first kappa shape index (κ1) is 21.6. The molecule has 4 rings (SSSR count). The number of rotatable bonds is 8. The molecule has 0 radical (unpaired) electrons. The summed E-state index contributed by atoms with van der Waals surface area (Å²) in [5.41, 5.74) is 1.14. The summed E-state index contributed by atoms with van der Waals surface area (Å²) in [5, 5.41) is 14.0. The van der Waals surface area contributed by atoms with Gasteiger partial charge in [-0.2, -0.15) is 0 Å². The first-order chi connectivity index (χ1) is 15.5. The molecule has 0 spiro atoms. The lowest BCUT2D eigenvalue weighted by molar-refractivity contribution is -0.113. The number of hydrogen-bond acceptors (Lipinski definition) is 6. The number of amides is 1. The number of fused-ring (bicyclic) bond motifs is 1. The fourth-order valence-electron chi connectivity index (χ4n) is 3.20. The monoisotopic (exact) mass is 446 g/mol. The molecule has 0 aliphatic rings. The van der Waals surface area contributed by atoms with Gasteiger partial charge in [-0.1, -0.05) is 60.3 Å². The summed E-state index contributed by atoms with van der Waals surface area (Å²) in [4.78, 5) is 23.8. The van der Waals surface area contributed by atoms with Crippen molar-refractivity contribution in [2.24, 2.45) is 7.05 Å². The number of Topliss-reactive ketones (excluding diaryl/α,β-unsaturated/α-hetero) is 1. The van der Waals surface area contributed by atoms with Crippen LogP contribution in [0.15, 0.2) is 71.9 Å². The Kier molecular flexibility index (Phi) is 6.51. The van der Waals surface area contributed by atoms with Gasteiger partial charge >= 0.3 is 0 Å². The Morgan fingerprint density at radius 3 is 2.66 bits per heavy atom. The number of carbonyl (C=O) groups is 2. The Morgan fingerprint density at radius 2 is 1.81 bits per heavy atom. The highest BCUT2D eigenvalue weighted by Crippen LogP contribution is 2.26. The van der Waals surface area contributed by atoms with Gasteiger partial charge in [-0.05, 0) is 30.5 Å². The molecule has 7 nitrogen and oxygen atoms in total. The number of carbonyl (C=O) groups excluding carboxylic acids is 2. The Bertz CT molecular complexity index is 1280. The molecule has 0 aliphatic heterocycles. The molecule has 3 aromatic carbocycles. The van der Waals surface area contributed by atoms with Gasteiger partial charge < -0.3 is 14.6 Å². The number of nitrogens with zero attached hydrogens (tertiary/aromatic N) is 3. The fourth-order valence-corrected chi connectivity index (χ4v) is 3.93. The summed E-state index contributed by atoms with van der Waals surface area (Å²) in [5.74, 6) is 1.38. The predicted molar refractivity (Wildman–Crippen MR) is 125 cm³/mol. The molecule has 0 bridgehead atoms. The number of ether oxygens (including phenoxy) is 1. The van der Waals surface area contributed by atoms with E-state index in [1.807, 2.05) is 54.1 Å². The second kappa shape index (κ2) is 9.65. The zero-order valence-corrected chi connectivity index (χ0v) is 18.6. The van der Waals surface area contributed by atoms with Crippen molar-refractivity contribution in [3.8, 4) is 5.75 Å². The molecule has 0 saturated carbocycles. The zero-order valence-electron chi connectivity index (χ0n) is 17.7. The van der Waals surface area contributed by atoms with Crippen molar-refractivity contribution < 1.29 is 14.3 Å². The summed E-state index contributed by atoms with van der Waals surface area (Å²) in [6.45, 7) is 1.76.